The fourth-order valence-electron chi connectivity index (χ4n) is 3.21. The summed E-state index contributed by atoms with van der Waals surface area (Å²) in [5.74, 6) is -0.0779. The molecule has 0 radical (unpaired) electrons. The van der Waals surface area contributed by atoms with Crippen LogP contribution in [0.5, 0.6) is 5.75 Å². The second kappa shape index (κ2) is 8.86. The van der Waals surface area contributed by atoms with Gasteiger partial charge in [-0.1, -0.05) is 29.8 Å². The maximum absolute atomic E-state index is 10.8. The van der Waals surface area contributed by atoms with Crippen molar-refractivity contribution < 1.29 is 19.4 Å². The molecule has 0 amide bonds. The molecular formula is C21H26N2O4. The fourth-order valence-corrected chi connectivity index (χ4v) is 3.21. The van der Waals surface area contributed by atoms with Gasteiger partial charge in [-0.3, -0.25) is 9.78 Å². The smallest absolute Gasteiger partial charge is 0.303 e. The average molecular weight is 370 g/mol. The number of ether oxygens (including phenoxy) is 2. The maximum atomic E-state index is 10.8. The Morgan fingerprint density at radius 2 is 2.07 bits per heavy atom. The van der Waals surface area contributed by atoms with Crippen LogP contribution in [-0.2, 0) is 16.1 Å². The number of rotatable bonds is 7. The predicted molar refractivity (Wildman–Crippen MR) is 103 cm³/mol. The minimum atomic E-state index is -0.795. The first-order valence-electron chi connectivity index (χ1n) is 9.25. The SMILES string of the molecule is Cc1ccc(COc2cncc(N3C[C@H](CCC(=O)O)O[C@H](C)C3)c2)cc1. The van der Waals surface area contributed by atoms with Gasteiger partial charge in [0.1, 0.15) is 12.4 Å². The van der Waals surface area contributed by atoms with Gasteiger partial charge in [-0.15, -0.1) is 0 Å². The Balaban J connectivity index is 1.63. The lowest BCUT2D eigenvalue weighted by molar-refractivity contribution is -0.138. The van der Waals surface area contributed by atoms with Crippen molar-refractivity contribution in [3.8, 4) is 5.75 Å². The molecule has 1 saturated heterocycles. The number of carboxylic acids is 1. The Hall–Kier alpha value is -2.60. The zero-order chi connectivity index (χ0) is 19.2. The van der Waals surface area contributed by atoms with Crippen LogP contribution in [0.4, 0.5) is 5.69 Å². The average Bonchev–Trinajstić information content (AvgIpc) is 2.66. The lowest BCUT2D eigenvalue weighted by Crippen LogP contribution is -2.46. The third-order valence-electron chi connectivity index (χ3n) is 4.60. The quantitative estimate of drug-likeness (QED) is 0.805. The van der Waals surface area contributed by atoms with Crippen LogP contribution >= 0.6 is 0 Å². The van der Waals surface area contributed by atoms with E-state index in [1.54, 1.807) is 6.20 Å². The Morgan fingerprint density at radius 3 is 2.81 bits per heavy atom. The van der Waals surface area contributed by atoms with Crippen molar-refractivity contribution in [3.63, 3.8) is 0 Å². The van der Waals surface area contributed by atoms with Crippen molar-refractivity contribution in [3.05, 3.63) is 53.9 Å². The fraction of sp³-hybridized carbons (Fsp3) is 0.429. The molecule has 1 fully saturated rings. The number of anilines is 1. The standard InChI is InChI=1S/C21H26N2O4/c1-15-3-5-17(6-4-15)14-26-20-9-18(10-22-11-20)23-12-16(2)27-19(13-23)7-8-21(24)25/h3-6,9-11,16,19H,7-8,12-14H2,1-2H3,(H,24,25)/t16-,19+/m1/s1. The van der Waals surface area contributed by atoms with Crippen LogP contribution in [0.15, 0.2) is 42.7 Å². The molecule has 3 rings (SSSR count). The van der Waals surface area contributed by atoms with Crippen LogP contribution < -0.4 is 9.64 Å². The molecule has 2 atom stereocenters. The highest BCUT2D eigenvalue weighted by atomic mass is 16.5. The van der Waals surface area contributed by atoms with Gasteiger partial charge in [0.25, 0.3) is 0 Å². The predicted octanol–water partition coefficient (Wildman–Crippen LogP) is 3.43. The Kier molecular flexibility index (Phi) is 6.29. The van der Waals surface area contributed by atoms with E-state index in [1.807, 2.05) is 19.2 Å². The van der Waals surface area contributed by atoms with E-state index in [-0.39, 0.29) is 18.6 Å². The molecule has 6 heteroatoms. The number of aryl methyl sites for hydroxylation is 1. The largest absolute Gasteiger partial charge is 0.487 e. The Morgan fingerprint density at radius 1 is 1.30 bits per heavy atom. The molecule has 144 valence electrons. The van der Waals surface area contributed by atoms with Crippen LogP contribution in [0.2, 0.25) is 0 Å². The van der Waals surface area contributed by atoms with E-state index in [0.717, 1.165) is 17.8 Å². The van der Waals surface area contributed by atoms with Crippen molar-refractivity contribution in [2.24, 2.45) is 0 Å². The van der Waals surface area contributed by atoms with Gasteiger partial charge in [0.15, 0.2) is 0 Å². The van der Waals surface area contributed by atoms with Crippen molar-refractivity contribution in [2.75, 3.05) is 18.0 Å². The molecule has 0 aliphatic carbocycles. The number of pyridine rings is 1. The molecule has 0 bridgehead atoms. The number of benzene rings is 1. The topological polar surface area (TPSA) is 71.9 Å². The molecule has 0 saturated carbocycles. The number of morpholine rings is 1. The third-order valence-corrected chi connectivity index (χ3v) is 4.60. The molecule has 6 nitrogen and oxygen atoms in total. The van der Waals surface area contributed by atoms with Crippen LogP contribution in [-0.4, -0.2) is 41.4 Å². The van der Waals surface area contributed by atoms with Crippen LogP contribution in [0.25, 0.3) is 0 Å². The van der Waals surface area contributed by atoms with Gasteiger partial charge in [-0.05, 0) is 25.8 Å². The van der Waals surface area contributed by atoms with E-state index in [4.69, 9.17) is 14.6 Å². The van der Waals surface area contributed by atoms with Crippen LogP contribution in [0, 0.1) is 6.92 Å². The first-order valence-corrected chi connectivity index (χ1v) is 9.25. The zero-order valence-electron chi connectivity index (χ0n) is 15.8. The van der Waals surface area contributed by atoms with Gasteiger partial charge in [0, 0.05) is 25.6 Å². The minimum Gasteiger partial charge on any atom is -0.487 e. The third kappa shape index (κ3) is 5.69. The molecule has 2 aromatic rings. The van der Waals surface area contributed by atoms with Crippen molar-refractivity contribution in [2.45, 2.75) is 45.5 Å². The van der Waals surface area contributed by atoms with E-state index < -0.39 is 5.97 Å². The summed E-state index contributed by atoms with van der Waals surface area (Å²) in [4.78, 5) is 17.3. The second-order valence-corrected chi connectivity index (χ2v) is 7.06. The molecule has 2 heterocycles. The van der Waals surface area contributed by atoms with Crippen molar-refractivity contribution >= 4 is 11.7 Å². The van der Waals surface area contributed by atoms with E-state index >= 15 is 0 Å². The van der Waals surface area contributed by atoms with E-state index in [2.05, 4.69) is 41.1 Å². The molecule has 0 unspecified atom stereocenters. The summed E-state index contributed by atoms with van der Waals surface area (Å²) in [5.41, 5.74) is 3.30. The monoisotopic (exact) mass is 370 g/mol. The summed E-state index contributed by atoms with van der Waals surface area (Å²) < 4.78 is 11.8. The van der Waals surface area contributed by atoms with Gasteiger partial charge in [0.05, 0.1) is 30.3 Å². The Bertz CT molecular complexity index is 763. The lowest BCUT2D eigenvalue weighted by atomic mass is 10.1. The normalized spacial score (nSPS) is 19.7. The number of hydrogen-bond donors (Lipinski definition) is 1. The number of hydrogen-bond acceptors (Lipinski definition) is 5. The summed E-state index contributed by atoms with van der Waals surface area (Å²) in [6.45, 7) is 5.95. The summed E-state index contributed by atoms with van der Waals surface area (Å²) >= 11 is 0. The Labute approximate surface area is 159 Å². The number of carbonyl (C=O) groups is 1. The number of aromatic nitrogens is 1. The molecule has 1 aromatic carbocycles. The van der Waals surface area contributed by atoms with E-state index in [9.17, 15) is 4.79 Å². The number of carboxylic acid groups (broad SMARTS) is 1. The lowest BCUT2D eigenvalue weighted by Gasteiger charge is -2.38. The highest BCUT2D eigenvalue weighted by Crippen LogP contribution is 2.25. The van der Waals surface area contributed by atoms with Crippen LogP contribution in [0.3, 0.4) is 0 Å². The van der Waals surface area contributed by atoms with Gasteiger partial charge >= 0.3 is 5.97 Å². The van der Waals surface area contributed by atoms with Gasteiger partial charge in [-0.2, -0.15) is 0 Å². The molecule has 27 heavy (non-hydrogen) atoms. The van der Waals surface area contributed by atoms with Crippen molar-refractivity contribution in [1.82, 2.24) is 4.98 Å². The second-order valence-electron chi connectivity index (χ2n) is 7.06. The molecule has 1 aromatic heterocycles. The number of nitrogens with zero attached hydrogens (tertiary/aromatic N) is 2. The van der Waals surface area contributed by atoms with Gasteiger partial charge in [0.2, 0.25) is 0 Å². The maximum Gasteiger partial charge on any atom is 0.303 e. The van der Waals surface area contributed by atoms with Crippen molar-refractivity contribution in [1.29, 1.82) is 0 Å². The van der Waals surface area contributed by atoms with E-state index in [0.29, 0.717) is 25.3 Å². The summed E-state index contributed by atoms with van der Waals surface area (Å²) in [6.07, 6.45) is 4.09. The molecule has 1 aliphatic rings. The molecular weight excluding hydrogens is 344 g/mol. The van der Waals surface area contributed by atoms with E-state index in [1.165, 1.54) is 5.56 Å². The summed E-state index contributed by atoms with van der Waals surface area (Å²) in [6, 6.07) is 10.2. The minimum absolute atomic E-state index is 0.0367. The highest BCUT2D eigenvalue weighted by molar-refractivity contribution is 5.66. The molecule has 0 spiro atoms. The van der Waals surface area contributed by atoms with Crippen LogP contribution in [0.1, 0.15) is 30.9 Å². The first kappa shape index (κ1) is 19.2. The summed E-state index contributed by atoms with van der Waals surface area (Å²) in [7, 11) is 0. The number of aliphatic carboxylic acids is 1. The van der Waals surface area contributed by atoms with Gasteiger partial charge < -0.3 is 19.5 Å². The molecule has 1 aliphatic heterocycles. The highest BCUT2D eigenvalue weighted by Gasteiger charge is 2.26. The summed E-state index contributed by atoms with van der Waals surface area (Å²) in [5, 5.41) is 8.90. The molecule has 1 N–H and O–H groups in total. The van der Waals surface area contributed by atoms with Gasteiger partial charge in [-0.25, -0.2) is 0 Å². The zero-order valence-corrected chi connectivity index (χ0v) is 15.8. The first-order chi connectivity index (χ1) is 13.0.